The Kier molecular flexibility index (Phi) is 9.46. The smallest absolute Gasteiger partial charge is 0.410 e. The molecule has 1 aromatic heterocycles. The molecule has 0 saturated carbocycles. The third-order valence-electron chi connectivity index (χ3n) is 8.65. The number of halogens is 2. The number of carbonyl (C=O) groups is 2. The molecule has 3 atom stereocenters. The summed E-state index contributed by atoms with van der Waals surface area (Å²) in [6, 6.07) is 17.1. The standard InChI is InChI=1S/C34H38F2N6O6/c1-32(2,3)48-31(45)40-15-13-25(26(18-40)23-7-5-4-6-8-23)29(43)41-16-14-33(46,34(35,36)20-41)19-42-21-39-28(27(38)30(42)44)47-24-11-9-22(17-37)10-12-24/h4-12,21,25-26,46H,13-16,18-20,38H2,1-3H3/t25-,26+,33+/m1/s1. The Morgan fingerprint density at radius 1 is 1.10 bits per heavy atom. The number of nitriles is 1. The molecule has 48 heavy (non-hydrogen) atoms. The first-order chi connectivity index (χ1) is 22.6. The second kappa shape index (κ2) is 13.2. The number of nitrogens with two attached hydrogens (primary N) is 1. The van der Waals surface area contributed by atoms with Crippen LogP contribution in [0.2, 0.25) is 0 Å². The SMILES string of the molecule is CC(C)(C)OC(=O)N1CC[C@@H](C(=O)N2CC[C@](O)(Cn3cnc(Oc4ccc(C#N)cc4)c(N)c3=O)C(F)(F)C2)[C@H](c2ccccc2)C1. The highest BCUT2D eigenvalue weighted by Crippen LogP contribution is 2.41. The number of nitrogens with zero attached hydrogens (tertiary/aromatic N) is 5. The Bertz CT molecular complexity index is 1750. The second-order valence-corrected chi connectivity index (χ2v) is 13.2. The zero-order chi connectivity index (χ0) is 34.9. The van der Waals surface area contributed by atoms with E-state index in [4.69, 9.17) is 20.5 Å². The number of piperidine rings is 2. The molecule has 3 aromatic rings. The molecule has 254 valence electrons. The van der Waals surface area contributed by atoms with Gasteiger partial charge in [0.25, 0.3) is 11.5 Å². The van der Waals surface area contributed by atoms with Crippen LogP contribution in [0.3, 0.4) is 0 Å². The van der Waals surface area contributed by atoms with Crippen LogP contribution >= 0.6 is 0 Å². The molecule has 0 bridgehead atoms. The topological polar surface area (TPSA) is 164 Å². The summed E-state index contributed by atoms with van der Waals surface area (Å²) in [6.07, 6.45) is 0.171. The van der Waals surface area contributed by atoms with Crippen LogP contribution in [0.25, 0.3) is 0 Å². The molecule has 14 heteroatoms. The fraction of sp³-hybridized carbons (Fsp3) is 0.441. The van der Waals surface area contributed by atoms with Crippen LogP contribution in [0.5, 0.6) is 11.6 Å². The van der Waals surface area contributed by atoms with Gasteiger partial charge >= 0.3 is 6.09 Å². The summed E-state index contributed by atoms with van der Waals surface area (Å²) in [7, 11) is 0. The summed E-state index contributed by atoms with van der Waals surface area (Å²) in [4.78, 5) is 46.4. The maximum Gasteiger partial charge on any atom is 0.410 e. The lowest BCUT2D eigenvalue weighted by atomic mass is 9.79. The molecular formula is C34H38F2N6O6. The van der Waals surface area contributed by atoms with Crippen molar-refractivity contribution >= 4 is 17.7 Å². The van der Waals surface area contributed by atoms with Gasteiger partial charge in [-0.3, -0.25) is 14.2 Å². The first kappa shape index (κ1) is 34.3. The molecule has 0 aliphatic carbocycles. The lowest BCUT2D eigenvalue weighted by Gasteiger charge is -2.46. The van der Waals surface area contributed by atoms with E-state index < -0.39 is 71.7 Å². The molecule has 0 spiro atoms. The van der Waals surface area contributed by atoms with Gasteiger partial charge in [-0.15, -0.1) is 0 Å². The number of rotatable bonds is 6. The van der Waals surface area contributed by atoms with Crippen LogP contribution in [-0.4, -0.2) is 79.8 Å². The van der Waals surface area contributed by atoms with Crippen LogP contribution in [0, 0.1) is 17.2 Å². The van der Waals surface area contributed by atoms with Crippen LogP contribution in [0.15, 0.2) is 65.7 Å². The predicted molar refractivity (Wildman–Crippen MR) is 170 cm³/mol. The van der Waals surface area contributed by atoms with E-state index in [1.54, 1.807) is 20.8 Å². The van der Waals surface area contributed by atoms with Crippen molar-refractivity contribution in [3.8, 4) is 17.7 Å². The summed E-state index contributed by atoms with van der Waals surface area (Å²) >= 11 is 0. The third kappa shape index (κ3) is 7.26. The van der Waals surface area contributed by atoms with Gasteiger partial charge in [0.15, 0.2) is 5.69 Å². The van der Waals surface area contributed by atoms with Crippen molar-refractivity contribution in [3.63, 3.8) is 0 Å². The van der Waals surface area contributed by atoms with Gasteiger partial charge in [-0.05, 0) is 57.0 Å². The van der Waals surface area contributed by atoms with Crippen molar-refractivity contribution in [2.45, 2.75) is 63.2 Å². The lowest BCUT2D eigenvalue weighted by molar-refractivity contribution is -0.223. The number of carbonyl (C=O) groups excluding carboxylic acids is 2. The number of anilines is 1. The van der Waals surface area contributed by atoms with Gasteiger partial charge in [0.2, 0.25) is 11.8 Å². The average molecular weight is 665 g/mol. The number of benzene rings is 2. The minimum Gasteiger partial charge on any atom is -0.444 e. The molecular weight excluding hydrogens is 626 g/mol. The van der Waals surface area contributed by atoms with Crippen molar-refractivity contribution in [2.24, 2.45) is 5.92 Å². The van der Waals surface area contributed by atoms with E-state index in [2.05, 4.69) is 4.98 Å². The monoisotopic (exact) mass is 664 g/mol. The number of amides is 2. The van der Waals surface area contributed by atoms with E-state index >= 15 is 8.78 Å². The first-order valence-corrected chi connectivity index (χ1v) is 15.6. The number of aromatic nitrogens is 2. The molecule has 0 radical (unpaired) electrons. The molecule has 12 nitrogen and oxygen atoms in total. The van der Waals surface area contributed by atoms with Gasteiger partial charge in [-0.25, -0.2) is 18.6 Å². The van der Waals surface area contributed by atoms with Crippen LogP contribution in [0.1, 0.15) is 50.7 Å². The number of alkyl halides is 2. The van der Waals surface area contributed by atoms with Gasteiger partial charge in [-0.1, -0.05) is 30.3 Å². The molecule has 2 aliphatic heterocycles. The lowest BCUT2D eigenvalue weighted by Crippen LogP contribution is -2.64. The molecule has 2 aromatic carbocycles. The quantitative estimate of drug-likeness (QED) is 0.394. The number of likely N-dealkylation sites (tertiary alicyclic amines) is 2. The van der Waals surface area contributed by atoms with Crippen molar-refractivity contribution < 1.29 is 33.0 Å². The van der Waals surface area contributed by atoms with Crippen LogP contribution < -0.4 is 16.0 Å². The highest BCUT2D eigenvalue weighted by atomic mass is 19.3. The Hall–Kier alpha value is -5.03. The summed E-state index contributed by atoms with van der Waals surface area (Å²) < 4.78 is 43.5. The molecule has 2 amide bonds. The molecule has 2 aliphatic rings. The largest absolute Gasteiger partial charge is 0.444 e. The maximum absolute atomic E-state index is 15.8. The fourth-order valence-corrected chi connectivity index (χ4v) is 6.04. The zero-order valence-electron chi connectivity index (χ0n) is 26.9. The summed E-state index contributed by atoms with van der Waals surface area (Å²) in [6.45, 7) is 3.60. The first-order valence-electron chi connectivity index (χ1n) is 15.6. The normalized spacial score (nSPS) is 22.4. The maximum atomic E-state index is 15.8. The third-order valence-corrected chi connectivity index (χ3v) is 8.65. The van der Waals surface area contributed by atoms with Gasteiger partial charge in [0, 0.05) is 37.9 Å². The van der Waals surface area contributed by atoms with Gasteiger partial charge in [0.1, 0.15) is 23.3 Å². The zero-order valence-corrected chi connectivity index (χ0v) is 26.9. The van der Waals surface area contributed by atoms with E-state index in [1.807, 2.05) is 36.4 Å². The highest BCUT2D eigenvalue weighted by molar-refractivity contribution is 5.81. The molecule has 5 rings (SSSR count). The number of ether oxygens (including phenoxy) is 2. The van der Waals surface area contributed by atoms with Crippen molar-refractivity contribution in [1.82, 2.24) is 19.4 Å². The van der Waals surface area contributed by atoms with E-state index in [0.717, 1.165) is 21.4 Å². The Morgan fingerprint density at radius 3 is 2.42 bits per heavy atom. The fourth-order valence-electron chi connectivity index (χ4n) is 6.04. The minimum atomic E-state index is -3.80. The number of hydrogen-bond acceptors (Lipinski definition) is 9. The summed E-state index contributed by atoms with van der Waals surface area (Å²) in [5.41, 5.74) is 2.38. The predicted octanol–water partition coefficient (Wildman–Crippen LogP) is 4.13. The Labute approximate surface area is 276 Å². The van der Waals surface area contributed by atoms with Gasteiger partial charge < -0.3 is 30.1 Å². The number of aliphatic hydroxyl groups is 1. The van der Waals surface area contributed by atoms with Crippen molar-refractivity contribution in [2.75, 3.05) is 31.9 Å². The Morgan fingerprint density at radius 2 is 1.79 bits per heavy atom. The van der Waals surface area contributed by atoms with Crippen LogP contribution in [-0.2, 0) is 16.1 Å². The second-order valence-electron chi connectivity index (χ2n) is 13.2. The van der Waals surface area contributed by atoms with Crippen LogP contribution in [0.4, 0.5) is 19.3 Å². The molecule has 3 heterocycles. The number of nitrogen functional groups attached to an aromatic ring is 1. The Balaban J connectivity index is 1.30. The average Bonchev–Trinajstić information content (AvgIpc) is 3.05. The molecule has 3 N–H and O–H groups in total. The van der Waals surface area contributed by atoms with E-state index in [9.17, 15) is 19.5 Å². The summed E-state index contributed by atoms with van der Waals surface area (Å²) in [5.74, 6) is -5.47. The van der Waals surface area contributed by atoms with Crippen molar-refractivity contribution in [3.05, 3.63) is 82.4 Å². The summed E-state index contributed by atoms with van der Waals surface area (Å²) in [5, 5.41) is 20.2. The molecule has 0 unspecified atom stereocenters. The van der Waals surface area contributed by atoms with E-state index in [-0.39, 0.29) is 37.7 Å². The minimum absolute atomic E-state index is 0.172. The highest BCUT2D eigenvalue weighted by Gasteiger charge is 2.58. The van der Waals surface area contributed by atoms with Gasteiger partial charge in [0.05, 0.1) is 24.7 Å². The molecule has 2 saturated heterocycles. The van der Waals surface area contributed by atoms with Gasteiger partial charge in [-0.2, -0.15) is 5.26 Å². The number of hydrogen-bond donors (Lipinski definition) is 2. The van der Waals surface area contributed by atoms with Crippen molar-refractivity contribution in [1.29, 1.82) is 5.26 Å². The molecule has 2 fully saturated rings. The van der Waals surface area contributed by atoms with E-state index in [1.165, 1.54) is 29.2 Å². The van der Waals surface area contributed by atoms with E-state index in [0.29, 0.717) is 5.56 Å².